The van der Waals surface area contributed by atoms with Crippen molar-refractivity contribution >= 4 is 0 Å². The smallest absolute Gasteiger partial charge is 0.0576 e. The molecule has 2 heteroatoms. The van der Waals surface area contributed by atoms with Crippen molar-refractivity contribution < 1.29 is 5.11 Å². The molecule has 1 atom stereocenters. The van der Waals surface area contributed by atoms with Crippen LogP contribution in [-0.2, 0) is 6.54 Å². The fourth-order valence-electron chi connectivity index (χ4n) is 2.60. The molecule has 0 aromatic heterocycles. The van der Waals surface area contributed by atoms with Gasteiger partial charge in [-0.1, -0.05) is 78.9 Å². The van der Waals surface area contributed by atoms with Crippen LogP contribution in [-0.4, -0.2) is 11.7 Å². The molecule has 0 amide bonds. The highest BCUT2D eigenvalue weighted by Crippen LogP contribution is 2.24. The molecule has 0 bridgehead atoms. The molecule has 0 heterocycles. The van der Waals surface area contributed by atoms with Gasteiger partial charge < -0.3 is 10.4 Å². The lowest BCUT2D eigenvalue weighted by molar-refractivity contribution is 0.302. The van der Waals surface area contributed by atoms with Crippen molar-refractivity contribution in [2.75, 3.05) is 6.61 Å². The van der Waals surface area contributed by atoms with E-state index in [1.807, 2.05) is 25.1 Å². The highest BCUT2D eigenvalue weighted by molar-refractivity contribution is 5.34. The average molecular weight is 307 g/mol. The van der Waals surface area contributed by atoms with Gasteiger partial charge in [0, 0.05) is 13.2 Å². The van der Waals surface area contributed by atoms with Crippen molar-refractivity contribution in [2.24, 2.45) is 0 Å². The first-order chi connectivity index (χ1) is 11.3. The number of aliphatic hydroxyl groups is 1. The molecule has 120 valence electrons. The minimum absolute atomic E-state index is 0.110. The van der Waals surface area contributed by atoms with Gasteiger partial charge in [0.15, 0.2) is 0 Å². The Morgan fingerprint density at radius 2 is 1.70 bits per heavy atom. The maximum absolute atomic E-state index is 9.15. The molecule has 23 heavy (non-hydrogen) atoms. The Balaban J connectivity index is 2.23. The van der Waals surface area contributed by atoms with Crippen LogP contribution in [0.25, 0.3) is 0 Å². The van der Waals surface area contributed by atoms with E-state index in [0.717, 1.165) is 6.54 Å². The molecule has 0 radical (unpaired) electrons. The third-order valence-corrected chi connectivity index (χ3v) is 3.69. The highest BCUT2D eigenvalue weighted by atomic mass is 16.2. The van der Waals surface area contributed by atoms with Crippen LogP contribution in [0.2, 0.25) is 0 Å². The molecule has 2 aromatic carbocycles. The van der Waals surface area contributed by atoms with E-state index < -0.39 is 0 Å². The molecule has 2 rings (SSSR count). The van der Waals surface area contributed by atoms with Crippen molar-refractivity contribution in [3.8, 4) is 0 Å². The predicted molar refractivity (Wildman–Crippen MR) is 97.1 cm³/mol. The van der Waals surface area contributed by atoms with Crippen LogP contribution in [0, 0.1) is 0 Å². The van der Waals surface area contributed by atoms with E-state index in [0.29, 0.717) is 6.42 Å². The molecule has 0 spiro atoms. The van der Waals surface area contributed by atoms with Gasteiger partial charge in [0.25, 0.3) is 0 Å². The van der Waals surface area contributed by atoms with Crippen molar-refractivity contribution in [3.63, 3.8) is 0 Å². The minimum atomic E-state index is 0.110. The largest absolute Gasteiger partial charge is 0.396 e. The molecule has 1 unspecified atom stereocenters. The Morgan fingerprint density at radius 3 is 2.30 bits per heavy atom. The second-order valence-electron chi connectivity index (χ2n) is 5.43. The fourth-order valence-corrected chi connectivity index (χ4v) is 2.60. The van der Waals surface area contributed by atoms with Crippen molar-refractivity contribution in [3.05, 3.63) is 95.6 Å². The third-order valence-electron chi connectivity index (χ3n) is 3.69. The molecular weight excluding hydrogens is 282 g/mol. The Labute approximate surface area is 139 Å². The van der Waals surface area contributed by atoms with E-state index >= 15 is 0 Å². The van der Waals surface area contributed by atoms with Gasteiger partial charge >= 0.3 is 0 Å². The molecule has 0 saturated carbocycles. The van der Waals surface area contributed by atoms with E-state index in [2.05, 4.69) is 66.0 Å². The van der Waals surface area contributed by atoms with E-state index in [9.17, 15) is 0 Å². The summed E-state index contributed by atoms with van der Waals surface area (Å²) >= 11 is 0. The van der Waals surface area contributed by atoms with E-state index in [-0.39, 0.29) is 12.6 Å². The van der Waals surface area contributed by atoms with Gasteiger partial charge in [-0.3, -0.25) is 0 Å². The molecule has 2 nitrogen and oxygen atoms in total. The lowest BCUT2D eigenvalue weighted by Crippen LogP contribution is -2.22. The second kappa shape index (κ2) is 9.78. The van der Waals surface area contributed by atoms with E-state index in [1.54, 1.807) is 0 Å². The summed E-state index contributed by atoms with van der Waals surface area (Å²) in [7, 11) is 0. The summed E-state index contributed by atoms with van der Waals surface area (Å²) in [5, 5.41) is 12.8. The number of nitrogens with one attached hydrogen (secondary N) is 1. The van der Waals surface area contributed by atoms with Gasteiger partial charge in [0.2, 0.25) is 0 Å². The first kappa shape index (κ1) is 17.2. The first-order valence-corrected chi connectivity index (χ1v) is 8.11. The van der Waals surface area contributed by atoms with E-state index in [1.165, 1.54) is 16.7 Å². The third kappa shape index (κ3) is 5.51. The van der Waals surface area contributed by atoms with Crippen LogP contribution in [0.4, 0.5) is 0 Å². The molecule has 2 aromatic rings. The SMILES string of the molecule is C/C=C/C(=C\CCO)C(NCc1ccccc1)c1ccccc1. The molecule has 0 saturated heterocycles. The molecule has 0 aliphatic heterocycles. The van der Waals surface area contributed by atoms with Crippen LogP contribution in [0.5, 0.6) is 0 Å². The molecule has 0 fully saturated rings. The zero-order valence-corrected chi connectivity index (χ0v) is 13.7. The summed E-state index contributed by atoms with van der Waals surface area (Å²) in [6.07, 6.45) is 6.93. The number of benzene rings is 2. The first-order valence-electron chi connectivity index (χ1n) is 8.11. The normalized spacial score (nSPS) is 13.4. The zero-order chi connectivity index (χ0) is 16.3. The maximum Gasteiger partial charge on any atom is 0.0576 e. The topological polar surface area (TPSA) is 32.3 Å². The van der Waals surface area contributed by atoms with Gasteiger partial charge in [0.1, 0.15) is 0 Å². The molecule has 2 N–H and O–H groups in total. The van der Waals surface area contributed by atoms with Gasteiger partial charge in [-0.2, -0.15) is 0 Å². The van der Waals surface area contributed by atoms with Crippen molar-refractivity contribution in [1.29, 1.82) is 0 Å². The molecular formula is C21H25NO. The Morgan fingerprint density at radius 1 is 1.04 bits per heavy atom. The van der Waals surface area contributed by atoms with Crippen LogP contribution in [0.1, 0.15) is 30.5 Å². The maximum atomic E-state index is 9.15. The Kier molecular flexibility index (Phi) is 7.31. The summed E-state index contributed by atoms with van der Waals surface area (Å²) < 4.78 is 0. The number of hydrogen-bond donors (Lipinski definition) is 2. The van der Waals surface area contributed by atoms with Gasteiger partial charge in [-0.25, -0.2) is 0 Å². The molecule has 0 aliphatic rings. The Hall–Kier alpha value is -2.16. The fraction of sp³-hybridized carbons (Fsp3) is 0.238. The van der Waals surface area contributed by atoms with Crippen LogP contribution < -0.4 is 5.32 Å². The standard InChI is InChI=1S/C21H25NO/c1-2-10-19(15-9-16-23)21(20-13-7-4-8-14-20)22-17-18-11-5-3-6-12-18/h2-8,10-15,21-23H,9,16-17H2,1H3/b10-2+,19-15+. The van der Waals surface area contributed by atoms with Gasteiger partial charge in [-0.15, -0.1) is 0 Å². The number of aliphatic hydroxyl groups excluding tert-OH is 1. The predicted octanol–water partition coefficient (Wildman–Crippen LogP) is 4.40. The summed E-state index contributed by atoms with van der Waals surface area (Å²) in [5.41, 5.74) is 3.67. The van der Waals surface area contributed by atoms with Gasteiger partial charge in [-0.05, 0) is 30.0 Å². The minimum Gasteiger partial charge on any atom is -0.396 e. The quantitative estimate of drug-likeness (QED) is 0.708. The average Bonchev–Trinajstić information content (AvgIpc) is 2.61. The van der Waals surface area contributed by atoms with Crippen molar-refractivity contribution in [1.82, 2.24) is 5.32 Å². The van der Waals surface area contributed by atoms with Crippen LogP contribution in [0.15, 0.2) is 84.5 Å². The lowest BCUT2D eigenvalue weighted by Gasteiger charge is -2.21. The van der Waals surface area contributed by atoms with Crippen molar-refractivity contribution in [2.45, 2.75) is 25.9 Å². The zero-order valence-electron chi connectivity index (χ0n) is 13.7. The Bertz CT molecular complexity index is 617. The number of rotatable bonds is 8. The number of hydrogen-bond acceptors (Lipinski definition) is 2. The summed E-state index contributed by atoms with van der Waals surface area (Å²) in [6.45, 7) is 2.99. The van der Waals surface area contributed by atoms with Crippen LogP contribution >= 0.6 is 0 Å². The highest BCUT2D eigenvalue weighted by Gasteiger charge is 2.14. The summed E-state index contributed by atoms with van der Waals surface area (Å²) in [5.74, 6) is 0. The van der Waals surface area contributed by atoms with E-state index in [4.69, 9.17) is 5.11 Å². The summed E-state index contributed by atoms with van der Waals surface area (Å²) in [6, 6.07) is 20.9. The summed E-state index contributed by atoms with van der Waals surface area (Å²) in [4.78, 5) is 0. The lowest BCUT2D eigenvalue weighted by atomic mass is 9.96. The van der Waals surface area contributed by atoms with Gasteiger partial charge in [0.05, 0.1) is 6.04 Å². The number of allylic oxidation sites excluding steroid dienone is 1. The monoisotopic (exact) mass is 307 g/mol. The second-order valence-corrected chi connectivity index (χ2v) is 5.43. The molecule has 0 aliphatic carbocycles. The van der Waals surface area contributed by atoms with Crippen LogP contribution in [0.3, 0.4) is 0 Å².